The fraction of sp³-hybridized carbons (Fsp3) is 0.943. The van der Waals surface area contributed by atoms with Gasteiger partial charge in [-0.1, -0.05) is 130 Å². The van der Waals surface area contributed by atoms with E-state index in [1.54, 1.807) is 6.92 Å². The Morgan fingerprint density at radius 2 is 1.00 bits per heavy atom. The average molecular weight is 551 g/mol. The van der Waals surface area contributed by atoms with E-state index in [0.29, 0.717) is 18.1 Å². The molecule has 0 aliphatic rings. The Hall–Kier alpha value is -0.900. The predicted molar refractivity (Wildman–Crippen MR) is 171 cm³/mol. The van der Waals surface area contributed by atoms with Crippen LogP contribution in [0.5, 0.6) is 0 Å². The number of nitrogens with zero attached hydrogens (tertiary/aromatic N) is 2. The highest BCUT2D eigenvalue weighted by molar-refractivity contribution is 5.75. The second kappa shape index (κ2) is 28.6. The highest BCUT2D eigenvalue weighted by Gasteiger charge is 2.13. The SMILES string of the molecule is CCCCCCCCCCCCCN(CCCCCCCCCCCC(C)=O)CCC(C)CN(C)C(=O)CC. The van der Waals surface area contributed by atoms with Gasteiger partial charge in [-0.3, -0.25) is 4.79 Å². The Morgan fingerprint density at radius 3 is 1.41 bits per heavy atom. The van der Waals surface area contributed by atoms with Gasteiger partial charge in [0, 0.05) is 26.4 Å². The van der Waals surface area contributed by atoms with Gasteiger partial charge in [-0.2, -0.15) is 0 Å². The van der Waals surface area contributed by atoms with E-state index in [0.717, 1.165) is 19.4 Å². The molecule has 39 heavy (non-hydrogen) atoms. The van der Waals surface area contributed by atoms with E-state index in [4.69, 9.17) is 0 Å². The van der Waals surface area contributed by atoms with Gasteiger partial charge in [-0.25, -0.2) is 0 Å². The van der Waals surface area contributed by atoms with Gasteiger partial charge in [0.15, 0.2) is 0 Å². The molecular weight excluding hydrogens is 480 g/mol. The third-order valence-corrected chi connectivity index (χ3v) is 8.33. The van der Waals surface area contributed by atoms with Gasteiger partial charge in [0.1, 0.15) is 5.78 Å². The Balaban J connectivity index is 4.11. The summed E-state index contributed by atoms with van der Waals surface area (Å²) in [7, 11) is 1.96. The van der Waals surface area contributed by atoms with Gasteiger partial charge in [0.2, 0.25) is 5.91 Å². The molecule has 0 rings (SSSR count). The van der Waals surface area contributed by atoms with Crippen LogP contribution < -0.4 is 0 Å². The molecule has 0 fully saturated rings. The van der Waals surface area contributed by atoms with Crippen LogP contribution in [-0.4, -0.2) is 54.7 Å². The van der Waals surface area contributed by atoms with Crippen molar-refractivity contribution in [1.82, 2.24) is 9.80 Å². The maximum Gasteiger partial charge on any atom is 0.222 e. The Morgan fingerprint density at radius 1 is 0.590 bits per heavy atom. The van der Waals surface area contributed by atoms with Crippen molar-refractivity contribution in [2.75, 3.05) is 33.2 Å². The largest absolute Gasteiger partial charge is 0.346 e. The van der Waals surface area contributed by atoms with Crippen molar-refractivity contribution in [3.63, 3.8) is 0 Å². The molecule has 4 nitrogen and oxygen atoms in total. The molecule has 4 heteroatoms. The molecule has 0 saturated carbocycles. The summed E-state index contributed by atoms with van der Waals surface area (Å²) in [6, 6.07) is 0. The number of carbonyl (C=O) groups excluding carboxylic acids is 2. The van der Waals surface area contributed by atoms with Crippen molar-refractivity contribution in [2.45, 2.75) is 175 Å². The highest BCUT2D eigenvalue weighted by atomic mass is 16.2. The van der Waals surface area contributed by atoms with Gasteiger partial charge in [0.25, 0.3) is 0 Å². The first-order valence-electron chi connectivity index (χ1n) is 17.4. The van der Waals surface area contributed by atoms with Gasteiger partial charge >= 0.3 is 0 Å². The molecule has 0 aromatic rings. The van der Waals surface area contributed by atoms with E-state index >= 15 is 0 Å². The first kappa shape index (κ1) is 38.1. The molecule has 0 N–H and O–H groups in total. The molecule has 0 saturated heterocycles. The van der Waals surface area contributed by atoms with Crippen LogP contribution in [0, 0.1) is 5.92 Å². The number of rotatable bonds is 30. The Labute approximate surface area is 245 Å². The summed E-state index contributed by atoms with van der Waals surface area (Å²) >= 11 is 0. The number of carbonyl (C=O) groups is 2. The highest BCUT2D eigenvalue weighted by Crippen LogP contribution is 2.14. The topological polar surface area (TPSA) is 40.6 Å². The van der Waals surface area contributed by atoms with Gasteiger partial charge in [-0.15, -0.1) is 0 Å². The van der Waals surface area contributed by atoms with Crippen molar-refractivity contribution in [2.24, 2.45) is 5.92 Å². The Kier molecular flexibility index (Phi) is 28.0. The quantitative estimate of drug-likeness (QED) is 0.0835. The molecule has 0 aliphatic carbocycles. The van der Waals surface area contributed by atoms with Crippen molar-refractivity contribution < 1.29 is 9.59 Å². The maximum absolute atomic E-state index is 12.0. The zero-order valence-electron chi connectivity index (χ0n) is 27.4. The third-order valence-electron chi connectivity index (χ3n) is 8.33. The van der Waals surface area contributed by atoms with Crippen LogP contribution in [0.4, 0.5) is 0 Å². The first-order chi connectivity index (χ1) is 18.9. The molecule has 0 aromatic heterocycles. The maximum atomic E-state index is 12.0. The first-order valence-corrected chi connectivity index (χ1v) is 17.4. The molecule has 0 bridgehead atoms. The molecular formula is C35H70N2O2. The van der Waals surface area contributed by atoms with E-state index in [1.807, 2.05) is 18.9 Å². The van der Waals surface area contributed by atoms with Crippen molar-refractivity contribution in [3.05, 3.63) is 0 Å². The third kappa shape index (κ3) is 27.1. The molecule has 0 aliphatic heterocycles. The smallest absolute Gasteiger partial charge is 0.222 e. The lowest BCUT2D eigenvalue weighted by Crippen LogP contribution is -2.33. The summed E-state index contributed by atoms with van der Waals surface area (Å²) in [5.41, 5.74) is 0. The van der Waals surface area contributed by atoms with E-state index < -0.39 is 0 Å². The molecule has 0 heterocycles. The van der Waals surface area contributed by atoms with E-state index in [9.17, 15) is 9.59 Å². The second-order valence-electron chi connectivity index (χ2n) is 12.5. The fourth-order valence-electron chi connectivity index (χ4n) is 5.62. The minimum absolute atomic E-state index is 0.260. The molecule has 1 atom stereocenters. The average Bonchev–Trinajstić information content (AvgIpc) is 2.91. The van der Waals surface area contributed by atoms with Crippen LogP contribution >= 0.6 is 0 Å². The standard InChI is InChI=1S/C35H70N2O2/c1-6-8-9-10-11-12-13-16-19-22-25-29-37(31-28-33(3)32-36(5)35(39)7-2)30-26-23-20-17-14-15-18-21-24-27-34(4)38/h33H,6-32H2,1-5H3. The number of amides is 1. The molecule has 0 radical (unpaired) electrons. The van der Waals surface area contributed by atoms with Crippen LogP contribution in [0.25, 0.3) is 0 Å². The van der Waals surface area contributed by atoms with Crippen molar-refractivity contribution >= 4 is 11.7 Å². The molecule has 1 unspecified atom stereocenters. The molecule has 0 spiro atoms. The zero-order chi connectivity index (χ0) is 29.0. The monoisotopic (exact) mass is 551 g/mol. The van der Waals surface area contributed by atoms with E-state index in [2.05, 4.69) is 18.7 Å². The van der Waals surface area contributed by atoms with Gasteiger partial charge < -0.3 is 14.6 Å². The zero-order valence-corrected chi connectivity index (χ0v) is 27.4. The number of ketones is 1. The summed E-state index contributed by atoms with van der Waals surface area (Å²) in [6.45, 7) is 12.8. The predicted octanol–water partition coefficient (Wildman–Crippen LogP) is 9.98. The Bertz CT molecular complexity index is 551. The summed E-state index contributed by atoms with van der Waals surface area (Å²) in [5.74, 6) is 1.15. The van der Waals surface area contributed by atoms with E-state index in [-0.39, 0.29) is 5.91 Å². The van der Waals surface area contributed by atoms with E-state index in [1.165, 1.54) is 148 Å². The normalized spacial score (nSPS) is 12.3. The number of hydrogen-bond acceptors (Lipinski definition) is 3. The van der Waals surface area contributed by atoms with Crippen molar-refractivity contribution in [1.29, 1.82) is 0 Å². The fourth-order valence-corrected chi connectivity index (χ4v) is 5.62. The van der Waals surface area contributed by atoms with Crippen LogP contribution in [-0.2, 0) is 9.59 Å². The van der Waals surface area contributed by atoms with Crippen LogP contribution in [0.15, 0.2) is 0 Å². The number of hydrogen-bond donors (Lipinski definition) is 0. The molecule has 0 aromatic carbocycles. The van der Waals surface area contributed by atoms with Crippen LogP contribution in [0.2, 0.25) is 0 Å². The van der Waals surface area contributed by atoms with Crippen molar-refractivity contribution in [3.8, 4) is 0 Å². The number of unbranched alkanes of at least 4 members (excludes halogenated alkanes) is 18. The summed E-state index contributed by atoms with van der Waals surface area (Å²) < 4.78 is 0. The van der Waals surface area contributed by atoms with Gasteiger partial charge in [0.05, 0.1) is 0 Å². The lowest BCUT2D eigenvalue weighted by Gasteiger charge is -2.26. The van der Waals surface area contributed by atoms with Gasteiger partial charge in [-0.05, 0) is 58.2 Å². The lowest BCUT2D eigenvalue weighted by atomic mass is 10.0. The second-order valence-corrected chi connectivity index (χ2v) is 12.5. The molecule has 232 valence electrons. The summed E-state index contributed by atoms with van der Waals surface area (Å²) in [4.78, 5) is 27.6. The minimum Gasteiger partial charge on any atom is -0.346 e. The lowest BCUT2D eigenvalue weighted by molar-refractivity contribution is -0.130. The summed E-state index contributed by atoms with van der Waals surface area (Å²) in [6.07, 6.45) is 29.7. The van der Waals surface area contributed by atoms with Crippen LogP contribution in [0.3, 0.4) is 0 Å². The minimum atomic E-state index is 0.260. The van der Waals surface area contributed by atoms with Crippen LogP contribution in [0.1, 0.15) is 175 Å². The molecule has 1 amide bonds. The summed E-state index contributed by atoms with van der Waals surface area (Å²) in [5, 5.41) is 0. The number of Topliss-reactive ketones (excluding diaryl/α,β-unsaturated/α-hetero) is 1.